The van der Waals surface area contributed by atoms with E-state index >= 15 is 0 Å². The number of benzene rings is 2. The predicted molar refractivity (Wildman–Crippen MR) is 100.0 cm³/mol. The van der Waals surface area contributed by atoms with Gasteiger partial charge in [0.2, 0.25) is 5.91 Å². The molecule has 0 unspecified atom stereocenters. The third kappa shape index (κ3) is 5.98. The van der Waals surface area contributed by atoms with E-state index in [0.717, 1.165) is 17.9 Å². The number of amides is 1. The van der Waals surface area contributed by atoms with Crippen molar-refractivity contribution in [2.75, 3.05) is 13.7 Å². The molecule has 1 amide bonds. The summed E-state index contributed by atoms with van der Waals surface area (Å²) in [6.07, 6.45) is 2.72. The van der Waals surface area contributed by atoms with Gasteiger partial charge in [0, 0.05) is 0 Å². The molecule has 6 heteroatoms. The number of carbonyl (C=O) groups excluding carboxylic acids is 1. The van der Waals surface area contributed by atoms with Crippen LogP contribution in [0.15, 0.2) is 55.1 Å². The quantitative estimate of drug-likeness (QED) is 0.741. The maximum Gasteiger partial charge on any atom is 0.336 e. The minimum atomic E-state index is -1.15. The number of nitrogens with two attached hydrogens (primary N) is 1. The van der Waals surface area contributed by atoms with E-state index in [1.54, 1.807) is 13.2 Å². The molecule has 2 rings (SSSR count). The van der Waals surface area contributed by atoms with Gasteiger partial charge in [-0.1, -0.05) is 24.3 Å². The fraction of sp³-hybridized carbons (Fsp3) is 0.200. The van der Waals surface area contributed by atoms with Gasteiger partial charge in [-0.2, -0.15) is 0 Å². The summed E-state index contributed by atoms with van der Waals surface area (Å²) in [6.45, 7) is 6.30. The van der Waals surface area contributed by atoms with Crippen molar-refractivity contribution < 1.29 is 24.2 Å². The Kier molecular flexibility index (Phi) is 8.43. The number of carboxylic acid groups (broad SMARTS) is 1. The van der Waals surface area contributed by atoms with Gasteiger partial charge in [-0.05, 0) is 43.2 Å². The van der Waals surface area contributed by atoms with Crippen LogP contribution in [0.4, 0.5) is 0 Å². The smallest absolute Gasteiger partial charge is 0.336 e. The Bertz CT molecular complexity index is 738. The number of primary amides is 1. The molecule has 0 aliphatic carbocycles. The van der Waals surface area contributed by atoms with E-state index in [1.165, 1.54) is 23.8 Å². The van der Waals surface area contributed by atoms with Crippen molar-refractivity contribution in [3.8, 4) is 11.5 Å². The molecular weight excluding hydrogens is 334 g/mol. The van der Waals surface area contributed by atoms with Gasteiger partial charge >= 0.3 is 5.97 Å². The molecule has 0 saturated carbocycles. The molecule has 0 aromatic heterocycles. The number of rotatable bonds is 7. The van der Waals surface area contributed by atoms with E-state index in [0.29, 0.717) is 6.61 Å². The van der Waals surface area contributed by atoms with E-state index < -0.39 is 11.9 Å². The summed E-state index contributed by atoms with van der Waals surface area (Å²) in [6, 6.07) is 11.7. The molecule has 26 heavy (non-hydrogen) atoms. The summed E-state index contributed by atoms with van der Waals surface area (Å²) in [5.74, 6) is -0.300. The number of allylic oxidation sites excluding steroid dienone is 1. The Morgan fingerprint density at radius 2 is 1.81 bits per heavy atom. The molecule has 2 aromatic rings. The Labute approximate surface area is 152 Å². The molecule has 6 nitrogen and oxygen atoms in total. The number of hydrogen-bond donors (Lipinski definition) is 2. The highest BCUT2D eigenvalue weighted by atomic mass is 16.5. The molecule has 0 heterocycles. The second-order valence-electron chi connectivity index (χ2n) is 5.13. The zero-order valence-electron chi connectivity index (χ0n) is 14.9. The van der Waals surface area contributed by atoms with Gasteiger partial charge in [-0.3, -0.25) is 4.79 Å². The Morgan fingerprint density at radius 1 is 1.15 bits per heavy atom. The largest absolute Gasteiger partial charge is 0.493 e. The SMILES string of the molecule is C=CCc1ccc(OCC)c(OC)c1.NC(=O)c1ccccc1C(=O)O. The normalized spacial score (nSPS) is 9.46. The van der Waals surface area contributed by atoms with Crippen LogP contribution in [-0.4, -0.2) is 30.7 Å². The zero-order chi connectivity index (χ0) is 19.5. The summed E-state index contributed by atoms with van der Waals surface area (Å²) in [7, 11) is 1.65. The first-order valence-corrected chi connectivity index (χ1v) is 7.97. The molecule has 138 valence electrons. The van der Waals surface area contributed by atoms with Gasteiger partial charge in [-0.15, -0.1) is 6.58 Å². The fourth-order valence-corrected chi connectivity index (χ4v) is 2.16. The molecule has 3 N–H and O–H groups in total. The molecule has 0 radical (unpaired) electrons. The minimum Gasteiger partial charge on any atom is -0.493 e. The Balaban J connectivity index is 0.000000263. The topological polar surface area (TPSA) is 98.9 Å². The Hall–Kier alpha value is -3.28. The van der Waals surface area contributed by atoms with Gasteiger partial charge < -0.3 is 20.3 Å². The average molecular weight is 357 g/mol. The van der Waals surface area contributed by atoms with Crippen LogP contribution < -0.4 is 15.2 Å². The summed E-state index contributed by atoms with van der Waals surface area (Å²) in [4.78, 5) is 21.2. The lowest BCUT2D eigenvalue weighted by Crippen LogP contribution is -2.15. The molecule has 0 aliphatic heterocycles. The van der Waals surface area contributed by atoms with Crippen LogP contribution in [0.2, 0.25) is 0 Å². The van der Waals surface area contributed by atoms with Crippen LogP contribution in [0.3, 0.4) is 0 Å². The van der Waals surface area contributed by atoms with Crippen LogP contribution in [0.1, 0.15) is 33.2 Å². The summed E-state index contributed by atoms with van der Waals surface area (Å²) >= 11 is 0. The van der Waals surface area contributed by atoms with E-state index in [9.17, 15) is 9.59 Å². The van der Waals surface area contributed by atoms with Crippen LogP contribution in [0.5, 0.6) is 11.5 Å². The summed E-state index contributed by atoms with van der Waals surface area (Å²) in [5, 5.41) is 8.61. The van der Waals surface area contributed by atoms with Crippen molar-refractivity contribution in [1.82, 2.24) is 0 Å². The molecular formula is C20H23NO5. The third-order valence-corrected chi connectivity index (χ3v) is 3.33. The van der Waals surface area contributed by atoms with Gasteiger partial charge in [0.25, 0.3) is 0 Å². The lowest BCUT2D eigenvalue weighted by molar-refractivity contribution is 0.0692. The average Bonchev–Trinajstić information content (AvgIpc) is 2.63. The lowest BCUT2D eigenvalue weighted by atomic mass is 10.1. The van der Waals surface area contributed by atoms with Crippen LogP contribution in [0.25, 0.3) is 0 Å². The van der Waals surface area contributed by atoms with Crippen molar-refractivity contribution in [1.29, 1.82) is 0 Å². The highest BCUT2D eigenvalue weighted by Gasteiger charge is 2.12. The zero-order valence-corrected chi connectivity index (χ0v) is 14.9. The number of aromatic carboxylic acids is 1. The standard InChI is InChI=1S/C12H16O2.C8H7NO3/c1-4-6-10-7-8-11(14-5-2)12(9-10)13-3;9-7(10)5-3-1-2-4-6(5)8(11)12/h4,7-9H,1,5-6H2,2-3H3;1-4H,(H2,9,10)(H,11,12). The van der Waals surface area contributed by atoms with Crippen molar-refractivity contribution >= 4 is 11.9 Å². The molecule has 0 saturated heterocycles. The van der Waals surface area contributed by atoms with Crippen molar-refractivity contribution in [2.24, 2.45) is 5.73 Å². The molecule has 0 aliphatic rings. The Morgan fingerprint density at radius 3 is 2.27 bits per heavy atom. The fourth-order valence-electron chi connectivity index (χ4n) is 2.16. The number of carbonyl (C=O) groups is 2. The van der Waals surface area contributed by atoms with Gasteiger partial charge in [0.05, 0.1) is 24.8 Å². The van der Waals surface area contributed by atoms with Crippen molar-refractivity contribution in [3.05, 3.63) is 71.8 Å². The highest BCUT2D eigenvalue weighted by molar-refractivity contribution is 6.03. The predicted octanol–water partition coefficient (Wildman–Crippen LogP) is 3.31. The van der Waals surface area contributed by atoms with E-state index in [-0.39, 0.29) is 11.1 Å². The molecule has 0 atom stereocenters. The van der Waals surface area contributed by atoms with Crippen molar-refractivity contribution in [2.45, 2.75) is 13.3 Å². The van der Waals surface area contributed by atoms with Crippen LogP contribution in [0, 0.1) is 0 Å². The number of carboxylic acids is 1. The van der Waals surface area contributed by atoms with Crippen LogP contribution >= 0.6 is 0 Å². The maximum absolute atomic E-state index is 10.7. The molecule has 0 spiro atoms. The first-order valence-electron chi connectivity index (χ1n) is 7.97. The van der Waals surface area contributed by atoms with E-state index in [4.69, 9.17) is 20.3 Å². The maximum atomic E-state index is 10.7. The first-order chi connectivity index (χ1) is 12.4. The van der Waals surface area contributed by atoms with Gasteiger partial charge in [-0.25, -0.2) is 4.79 Å². The minimum absolute atomic E-state index is 0.0324. The number of hydrogen-bond acceptors (Lipinski definition) is 4. The molecule has 2 aromatic carbocycles. The lowest BCUT2D eigenvalue weighted by Gasteiger charge is -2.10. The number of methoxy groups -OCH3 is 1. The van der Waals surface area contributed by atoms with Crippen molar-refractivity contribution in [3.63, 3.8) is 0 Å². The number of ether oxygens (including phenoxy) is 2. The first kappa shape index (κ1) is 20.8. The molecule has 0 fully saturated rings. The van der Waals surface area contributed by atoms with E-state index in [2.05, 4.69) is 6.58 Å². The van der Waals surface area contributed by atoms with Crippen LogP contribution in [-0.2, 0) is 6.42 Å². The van der Waals surface area contributed by atoms with Gasteiger partial charge in [0.1, 0.15) is 0 Å². The highest BCUT2D eigenvalue weighted by Crippen LogP contribution is 2.28. The second-order valence-corrected chi connectivity index (χ2v) is 5.13. The van der Waals surface area contributed by atoms with E-state index in [1.807, 2.05) is 31.2 Å². The third-order valence-electron chi connectivity index (χ3n) is 3.33. The summed E-state index contributed by atoms with van der Waals surface area (Å²) in [5.41, 5.74) is 6.10. The second kappa shape index (κ2) is 10.6. The monoisotopic (exact) mass is 357 g/mol. The summed E-state index contributed by atoms with van der Waals surface area (Å²) < 4.78 is 10.6. The molecule has 0 bridgehead atoms. The van der Waals surface area contributed by atoms with Gasteiger partial charge in [0.15, 0.2) is 11.5 Å².